The van der Waals surface area contributed by atoms with Crippen LogP contribution in [0.3, 0.4) is 0 Å². The molecule has 1 aliphatic heterocycles. The van der Waals surface area contributed by atoms with E-state index >= 15 is 0 Å². The number of aliphatic hydroxyl groups is 1. The number of hydrogen-bond acceptors (Lipinski definition) is 6. The molecule has 35 heavy (non-hydrogen) atoms. The number of nitrogens with zero attached hydrogens (tertiary/aromatic N) is 5. The summed E-state index contributed by atoms with van der Waals surface area (Å²) in [5, 5.41) is 11.1. The van der Waals surface area contributed by atoms with Crippen LogP contribution < -0.4 is 5.73 Å². The molecule has 3 aromatic rings. The fourth-order valence-electron chi connectivity index (χ4n) is 4.40. The van der Waals surface area contributed by atoms with Gasteiger partial charge >= 0.3 is 6.18 Å². The van der Waals surface area contributed by atoms with Gasteiger partial charge in [-0.15, -0.1) is 0 Å². The van der Waals surface area contributed by atoms with Gasteiger partial charge in [-0.05, 0) is 37.7 Å². The van der Waals surface area contributed by atoms with Crippen molar-refractivity contribution in [1.29, 1.82) is 0 Å². The van der Waals surface area contributed by atoms with Crippen molar-refractivity contribution in [3.8, 4) is 23.1 Å². The Labute approximate surface area is 199 Å². The molecule has 1 aliphatic carbocycles. The third-order valence-corrected chi connectivity index (χ3v) is 6.60. The van der Waals surface area contributed by atoms with Crippen molar-refractivity contribution in [1.82, 2.24) is 24.4 Å². The largest absolute Gasteiger partial charge is 0.390 e. The highest BCUT2D eigenvalue weighted by Crippen LogP contribution is 2.39. The van der Waals surface area contributed by atoms with Gasteiger partial charge in [-0.3, -0.25) is 4.90 Å². The molecule has 3 N–H and O–H groups in total. The molecule has 7 nitrogen and oxygen atoms in total. The van der Waals surface area contributed by atoms with Crippen molar-refractivity contribution < 1.29 is 22.7 Å². The normalized spacial score (nSPS) is 18.7. The standard InChI is InChI=1S/C24H24F4N6O/c1-23(35,14-2-3-14)5-4-15-8-17-18(21-19(25)9-31-22(29)32-21)13-34(20(17)10-30-15)16-11-33(12-16)7-6-24(26,27)28/h8-10,13-14,16,35H,2-3,6-7,11-12H2,1H3,(H2,29,31,32). The summed E-state index contributed by atoms with van der Waals surface area (Å²) in [7, 11) is 0. The Morgan fingerprint density at radius 1 is 1.20 bits per heavy atom. The molecule has 0 aromatic carbocycles. The van der Waals surface area contributed by atoms with Gasteiger partial charge in [-0.2, -0.15) is 13.2 Å². The first-order chi connectivity index (χ1) is 16.5. The molecule has 1 saturated heterocycles. The van der Waals surface area contributed by atoms with Gasteiger partial charge in [0.2, 0.25) is 5.95 Å². The van der Waals surface area contributed by atoms with Crippen molar-refractivity contribution in [2.75, 3.05) is 25.4 Å². The molecule has 184 valence electrons. The van der Waals surface area contributed by atoms with Crippen LogP contribution in [0.4, 0.5) is 23.5 Å². The maximum Gasteiger partial charge on any atom is 0.390 e. The molecule has 0 bridgehead atoms. The number of hydrogen-bond donors (Lipinski definition) is 2. The van der Waals surface area contributed by atoms with Gasteiger partial charge in [0, 0.05) is 36.8 Å². The summed E-state index contributed by atoms with van der Waals surface area (Å²) in [4.78, 5) is 13.9. The summed E-state index contributed by atoms with van der Waals surface area (Å²) in [6.07, 6.45) is 1.12. The molecular weight excluding hydrogens is 464 g/mol. The molecule has 11 heteroatoms. The second kappa shape index (κ2) is 8.46. The first kappa shape index (κ1) is 23.5. The Hall–Kier alpha value is -3.23. The monoisotopic (exact) mass is 488 g/mol. The predicted octanol–water partition coefficient (Wildman–Crippen LogP) is 3.54. The van der Waals surface area contributed by atoms with E-state index < -0.39 is 24.0 Å². The lowest BCUT2D eigenvalue weighted by Gasteiger charge is -2.40. The van der Waals surface area contributed by atoms with E-state index in [0.29, 0.717) is 35.2 Å². The molecular formula is C24H24F4N6O. The number of rotatable bonds is 5. The number of nitrogens with two attached hydrogens (primary N) is 1. The van der Waals surface area contributed by atoms with E-state index in [0.717, 1.165) is 19.0 Å². The zero-order chi connectivity index (χ0) is 25.0. The van der Waals surface area contributed by atoms with Gasteiger partial charge < -0.3 is 15.4 Å². The van der Waals surface area contributed by atoms with Crippen LogP contribution in [-0.4, -0.2) is 60.9 Å². The lowest BCUT2D eigenvalue weighted by atomic mass is 10.0. The number of pyridine rings is 1. The minimum atomic E-state index is -4.20. The second-order valence-corrected chi connectivity index (χ2v) is 9.41. The fourth-order valence-corrected chi connectivity index (χ4v) is 4.40. The summed E-state index contributed by atoms with van der Waals surface area (Å²) >= 11 is 0. The van der Waals surface area contributed by atoms with Crippen LogP contribution in [0, 0.1) is 23.6 Å². The Kier molecular flexibility index (Phi) is 5.68. The predicted molar refractivity (Wildman–Crippen MR) is 122 cm³/mol. The van der Waals surface area contributed by atoms with Gasteiger partial charge in [0.05, 0.1) is 30.4 Å². The number of anilines is 1. The third-order valence-electron chi connectivity index (χ3n) is 6.60. The lowest BCUT2D eigenvalue weighted by molar-refractivity contribution is -0.140. The van der Waals surface area contributed by atoms with Crippen LogP contribution >= 0.6 is 0 Å². The van der Waals surface area contributed by atoms with Gasteiger partial charge in [-0.25, -0.2) is 19.3 Å². The van der Waals surface area contributed by atoms with E-state index in [-0.39, 0.29) is 30.1 Å². The minimum Gasteiger partial charge on any atom is -0.378 e. The number of aromatic nitrogens is 4. The van der Waals surface area contributed by atoms with Crippen molar-refractivity contribution in [2.24, 2.45) is 5.92 Å². The smallest absolute Gasteiger partial charge is 0.378 e. The zero-order valence-corrected chi connectivity index (χ0v) is 19.0. The summed E-state index contributed by atoms with van der Waals surface area (Å²) in [6, 6.07) is 1.60. The Balaban J connectivity index is 1.50. The summed E-state index contributed by atoms with van der Waals surface area (Å²) in [6.45, 7) is 2.47. The number of halogens is 4. The Morgan fingerprint density at radius 3 is 2.63 bits per heavy atom. The maximum atomic E-state index is 14.7. The molecule has 2 aliphatic rings. The van der Waals surface area contributed by atoms with E-state index in [1.54, 1.807) is 30.3 Å². The topological polar surface area (TPSA) is 93.1 Å². The Morgan fingerprint density at radius 2 is 1.94 bits per heavy atom. The zero-order valence-electron chi connectivity index (χ0n) is 19.0. The molecule has 2 fully saturated rings. The quantitative estimate of drug-likeness (QED) is 0.422. The van der Waals surface area contributed by atoms with Crippen molar-refractivity contribution in [2.45, 2.75) is 44.0 Å². The molecule has 0 spiro atoms. The summed E-state index contributed by atoms with van der Waals surface area (Å²) < 4.78 is 54.3. The third kappa shape index (κ3) is 4.94. The highest BCUT2D eigenvalue weighted by Gasteiger charge is 2.38. The van der Waals surface area contributed by atoms with Crippen molar-refractivity contribution >= 4 is 16.9 Å². The van der Waals surface area contributed by atoms with E-state index in [9.17, 15) is 22.7 Å². The molecule has 1 unspecified atom stereocenters. The molecule has 5 rings (SSSR count). The van der Waals surface area contributed by atoms with Gasteiger partial charge in [0.1, 0.15) is 17.0 Å². The SMILES string of the molecule is CC(O)(C#Cc1cc2c(-c3nc(N)ncc3F)cn(C3CN(CCC(F)(F)F)C3)c2cn1)C1CC1. The van der Waals surface area contributed by atoms with Crippen molar-refractivity contribution in [3.63, 3.8) is 0 Å². The van der Waals surface area contributed by atoms with Crippen molar-refractivity contribution in [3.05, 3.63) is 36.2 Å². The lowest BCUT2D eigenvalue weighted by Crippen LogP contribution is -2.48. The van der Waals surface area contributed by atoms with Crippen LogP contribution in [0.15, 0.2) is 24.7 Å². The number of alkyl halides is 3. The number of fused-ring (bicyclic) bond motifs is 1. The van der Waals surface area contributed by atoms with Gasteiger partial charge in [-0.1, -0.05) is 5.92 Å². The minimum absolute atomic E-state index is 0.0181. The average molecular weight is 488 g/mol. The first-order valence-electron chi connectivity index (χ1n) is 11.3. The molecule has 1 saturated carbocycles. The van der Waals surface area contributed by atoms with Gasteiger partial charge in [0.15, 0.2) is 5.82 Å². The summed E-state index contributed by atoms with van der Waals surface area (Å²) in [5.41, 5.74) is 6.15. The van der Waals surface area contributed by atoms with Gasteiger partial charge in [0.25, 0.3) is 0 Å². The number of nitrogen functional groups attached to an aromatic ring is 1. The van der Waals surface area contributed by atoms with E-state index in [1.165, 1.54) is 0 Å². The highest BCUT2D eigenvalue weighted by atomic mass is 19.4. The van der Waals surface area contributed by atoms with E-state index in [2.05, 4.69) is 26.8 Å². The molecule has 1 atom stereocenters. The van der Waals surface area contributed by atoms with Crippen LogP contribution in [0.25, 0.3) is 22.2 Å². The number of likely N-dealkylation sites (tertiary alicyclic amines) is 1. The fraction of sp³-hybridized carbons (Fsp3) is 0.458. The first-order valence-corrected chi connectivity index (χ1v) is 11.3. The van der Waals surface area contributed by atoms with E-state index in [1.807, 2.05) is 4.57 Å². The average Bonchev–Trinajstić information content (AvgIpc) is 3.56. The van der Waals surface area contributed by atoms with Crippen LogP contribution in [0.2, 0.25) is 0 Å². The second-order valence-electron chi connectivity index (χ2n) is 9.41. The maximum absolute atomic E-state index is 14.7. The summed E-state index contributed by atoms with van der Waals surface area (Å²) in [5.74, 6) is 5.21. The Bertz CT molecular complexity index is 1330. The van der Waals surface area contributed by atoms with Crippen LogP contribution in [0.1, 0.15) is 37.9 Å². The van der Waals surface area contributed by atoms with Crippen LogP contribution in [-0.2, 0) is 0 Å². The molecule has 0 radical (unpaired) electrons. The highest BCUT2D eigenvalue weighted by molar-refractivity contribution is 5.95. The van der Waals surface area contributed by atoms with Crippen LogP contribution in [0.5, 0.6) is 0 Å². The van der Waals surface area contributed by atoms with E-state index in [4.69, 9.17) is 5.73 Å². The molecule has 0 amide bonds. The molecule has 3 aromatic heterocycles. The molecule has 4 heterocycles.